The summed E-state index contributed by atoms with van der Waals surface area (Å²) in [6, 6.07) is 15.9. The van der Waals surface area contributed by atoms with Gasteiger partial charge in [-0.1, -0.05) is 61.4 Å². The number of hydrogen-bond donors (Lipinski definition) is 1. The summed E-state index contributed by atoms with van der Waals surface area (Å²) in [6.45, 7) is 7.08. The molecular formula is C32H41N2O7P. The molecule has 42 heavy (non-hydrogen) atoms. The summed E-state index contributed by atoms with van der Waals surface area (Å²) >= 11 is 0. The van der Waals surface area contributed by atoms with Crippen LogP contribution in [0.15, 0.2) is 54.6 Å². The Hall–Kier alpha value is -3.13. The van der Waals surface area contributed by atoms with Crippen molar-refractivity contribution in [2.75, 3.05) is 18.1 Å². The number of para-hydroxylation sites is 1. The second kappa shape index (κ2) is 13.4. The van der Waals surface area contributed by atoms with Crippen molar-refractivity contribution in [3.8, 4) is 0 Å². The van der Waals surface area contributed by atoms with Crippen molar-refractivity contribution in [1.29, 1.82) is 0 Å². The molecule has 1 heterocycles. The molecule has 0 spiro atoms. The smallest absolute Gasteiger partial charge is 0.326 e. The number of fused-ring (bicyclic) bond motifs is 1. The predicted octanol–water partition coefficient (Wildman–Crippen LogP) is 5.55. The lowest BCUT2D eigenvalue weighted by Gasteiger charge is -2.42. The van der Waals surface area contributed by atoms with E-state index < -0.39 is 48.8 Å². The molecular weight excluding hydrogens is 555 g/mol. The first-order valence-electron chi connectivity index (χ1n) is 14.6. The zero-order valence-corrected chi connectivity index (χ0v) is 25.8. The van der Waals surface area contributed by atoms with Gasteiger partial charge in [0.15, 0.2) is 0 Å². The van der Waals surface area contributed by atoms with Gasteiger partial charge in [0.2, 0.25) is 20.3 Å². The van der Waals surface area contributed by atoms with Gasteiger partial charge in [-0.25, -0.2) is 0 Å². The van der Waals surface area contributed by atoms with Crippen LogP contribution in [0.2, 0.25) is 0 Å². The van der Waals surface area contributed by atoms with Gasteiger partial charge in [0, 0.05) is 12.3 Å². The van der Waals surface area contributed by atoms with Crippen molar-refractivity contribution in [2.24, 2.45) is 5.41 Å². The minimum absolute atomic E-state index is 0.104. The quantitative estimate of drug-likeness (QED) is 0.206. The van der Waals surface area contributed by atoms with Gasteiger partial charge in [-0.2, -0.15) is 0 Å². The molecule has 9 nitrogen and oxygen atoms in total. The molecule has 2 atom stereocenters. The molecule has 10 heteroatoms. The zero-order chi connectivity index (χ0) is 30.4. The van der Waals surface area contributed by atoms with Crippen LogP contribution < -0.4 is 10.2 Å². The summed E-state index contributed by atoms with van der Waals surface area (Å²) in [5.41, 5.74) is -1.35. The Morgan fingerprint density at radius 2 is 1.69 bits per heavy atom. The molecule has 0 bridgehead atoms. The lowest BCUT2D eigenvalue weighted by molar-refractivity contribution is -0.240. The van der Waals surface area contributed by atoms with E-state index in [1.807, 2.05) is 48.5 Å². The third kappa shape index (κ3) is 6.91. The first-order chi connectivity index (χ1) is 20.0. The molecule has 2 aliphatic rings. The van der Waals surface area contributed by atoms with E-state index in [2.05, 4.69) is 5.32 Å². The van der Waals surface area contributed by atoms with Gasteiger partial charge in [0.05, 0.1) is 6.61 Å². The van der Waals surface area contributed by atoms with Gasteiger partial charge in [0.25, 0.3) is 5.53 Å². The number of aryl methyl sites for hydroxylation is 1. The van der Waals surface area contributed by atoms with Crippen LogP contribution in [-0.4, -0.2) is 48.1 Å². The van der Waals surface area contributed by atoms with Crippen LogP contribution in [0, 0.1) is 5.41 Å². The maximum absolute atomic E-state index is 14.3. The van der Waals surface area contributed by atoms with Gasteiger partial charge in [0.1, 0.15) is 23.6 Å². The number of rotatable bonds is 11. The molecule has 1 N–H and O–H groups in total. The summed E-state index contributed by atoms with van der Waals surface area (Å²) < 4.78 is 30.8. The van der Waals surface area contributed by atoms with Gasteiger partial charge in [-0.15, -0.1) is 0 Å². The topological polar surface area (TPSA) is 111 Å². The fraction of sp³-hybridized carbons (Fsp3) is 0.531. The van der Waals surface area contributed by atoms with Crippen LogP contribution in [0.4, 0.5) is 5.69 Å². The SMILES string of the molecule is CCOC(OCc1ccccc1)(P=O)C1(C(=O)N[C@H]2CCc3ccccc3N(CC(=O)OC(C)(C)C)C2=O)CCCC1. The van der Waals surface area contributed by atoms with Gasteiger partial charge < -0.3 is 19.5 Å². The molecule has 1 aliphatic heterocycles. The molecule has 1 unspecified atom stereocenters. The summed E-state index contributed by atoms with van der Waals surface area (Å²) in [6.07, 6.45) is 3.09. The number of amides is 2. The van der Waals surface area contributed by atoms with E-state index in [1.54, 1.807) is 33.8 Å². The van der Waals surface area contributed by atoms with Gasteiger partial charge >= 0.3 is 5.97 Å². The lowest BCUT2D eigenvalue weighted by Crippen LogP contribution is -2.59. The Kier molecular flexibility index (Phi) is 10.2. The number of carbonyl (C=O) groups is 3. The zero-order valence-electron chi connectivity index (χ0n) is 24.9. The van der Waals surface area contributed by atoms with Crippen LogP contribution >= 0.6 is 8.46 Å². The van der Waals surface area contributed by atoms with Crippen LogP contribution in [0.5, 0.6) is 0 Å². The van der Waals surface area contributed by atoms with E-state index in [0.717, 1.165) is 24.0 Å². The first-order valence-corrected chi connectivity index (χ1v) is 15.4. The number of nitrogens with zero attached hydrogens (tertiary/aromatic N) is 1. The second-order valence-electron chi connectivity index (χ2n) is 11.9. The van der Waals surface area contributed by atoms with E-state index in [9.17, 15) is 18.9 Å². The molecule has 1 fully saturated rings. The standard InChI is InChI=1S/C32H41N2O7P/c1-5-39-32(42-38,40-22-23-13-7-6-8-14-23)31(19-11-12-20-31)29(37)33-25-18-17-24-15-9-10-16-26(24)34(28(25)36)21-27(35)41-30(2,3)4/h6-10,13-16,25H,5,11-12,17-22H2,1-4H3,(H,33,37)/t25-,32?/m0/s1. The fourth-order valence-electron chi connectivity index (χ4n) is 5.89. The van der Waals surface area contributed by atoms with Gasteiger partial charge in [-0.3, -0.25) is 23.8 Å². The molecule has 1 saturated carbocycles. The fourth-order valence-corrected chi connectivity index (χ4v) is 6.69. The number of hydrogen-bond acceptors (Lipinski definition) is 7. The summed E-state index contributed by atoms with van der Waals surface area (Å²) in [4.78, 5) is 42.5. The number of ether oxygens (including phenoxy) is 3. The minimum atomic E-state index is -1.73. The highest BCUT2D eigenvalue weighted by Crippen LogP contribution is 2.54. The van der Waals surface area contributed by atoms with Crippen molar-refractivity contribution in [3.05, 3.63) is 65.7 Å². The molecule has 226 valence electrons. The van der Waals surface area contributed by atoms with E-state index in [4.69, 9.17) is 14.2 Å². The van der Waals surface area contributed by atoms with Crippen LogP contribution in [0.3, 0.4) is 0 Å². The van der Waals surface area contributed by atoms with E-state index >= 15 is 0 Å². The summed E-state index contributed by atoms with van der Waals surface area (Å²) in [5, 5.41) is 2.99. The Balaban J connectivity index is 1.62. The number of carbonyl (C=O) groups excluding carboxylic acids is 3. The maximum atomic E-state index is 14.3. The summed E-state index contributed by atoms with van der Waals surface area (Å²) in [5.74, 6) is -1.38. The molecule has 2 aromatic carbocycles. The third-order valence-corrected chi connectivity index (χ3v) is 8.72. The first kappa shape index (κ1) is 31.8. The Bertz CT molecular complexity index is 1270. The minimum Gasteiger partial charge on any atom is -0.459 e. The van der Waals surface area contributed by atoms with Crippen molar-refractivity contribution in [2.45, 2.75) is 90.0 Å². The monoisotopic (exact) mass is 596 g/mol. The van der Waals surface area contributed by atoms with Crippen molar-refractivity contribution < 1.29 is 33.2 Å². The highest BCUT2D eigenvalue weighted by molar-refractivity contribution is 7.25. The second-order valence-corrected chi connectivity index (χ2v) is 12.6. The number of esters is 1. The molecule has 2 amide bonds. The Labute approximate surface area is 249 Å². The van der Waals surface area contributed by atoms with Crippen molar-refractivity contribution in [3.63, 3.8) is 0 Å². The molecule has 0 radical (unpaired) electrons. The van der Waals surface area contributed by atoms with Crippen molar-refractivity contribution >= 4 is 31.9 Å². The molecule has 2 aromatic rings. The van der Waals surface area contributed by atoms with Crippen LogP contribution in [0.25, 0.3) is 0 Å². The molecule has 4 rings (SSSR count). The molecule has 0 aromatic heterocycles. The van der Waals surface area contributed by atoms with E-state index in [0.29, 0.717) is 31.4 Å². The Morgan fingerprint density at radius 3 is 2.33 bits per heavy atom. The number of nitrogens with one attached hydrogen (secondary N) is 1. The van der Waals surface area contributed by atoms with Gasteiger partial charge in [-0.05, 0) is 70.6 Å². The average Bonchev–Trinajstić information content (AvgIpc) is 3.43. The normalized spacial score (nSPS) is 20.0. The van der Waals surface area contributed by atoms with Crippen LogP contribution in [0.1, 0.15) is 70.9 Å². The predicted molar refractivity (Wildman–Crippen MR) is 159 cm³/mol. The molecule has 0 saturated heterocycles. The van der Waals surface area contributed by atoms with Crippen molar-refractivity contribution in [1.82, 2.24) is 5.32 Å². The largest absolute Gasteiger partial charge is 0.459 e. The van der Waals surface area contributed by atoms with E-state index in [-0.39, 0.29) is 19.8 Å². The van der Waals surface area contributed by atoms with E-state index in [1.165, 1.54) is 4.90 Å². The number of benzene rings is 2. The lowest BCUT2D eigenvalue weighted by atomic mass is 9.83. The summed E-state index contributed by atoms with van der Waals surface area (Å²) in [7, 11) is -0.464. The average molecular weight is 597 g/mol. The van der Waals surface area contributed by atoms with Crippen LogP contribution in [-0.2, 0) is 46.2 Å². The highest BCUT2D eigenvalue weighted by Gasteiger charge is 2.61. The highest BCUT2D eigenvalue weighted by atomic mass is 31.1. The third-order valence-electron chi connectivity index (χ3n) is 7.80. The number of anilines is 1. The maximum Gasteiger partial charge on any atom is 0.326 e. The Morgan fingerprint density at radius 1 is 1.02 bits per heavy atom. The molecule has 1 aliphatic carbocycles.